The van der Waals surface area contributed by atoms with Crippen molar-refractivity contribution < 1.29 is 28.1 Å². The molecule has 5 rings (SSSR count). The maximum absolute atomic E-state index is 12.7. The zero-order chi connectivity index (χ0) is 21.4. The third-order valence-electron chi connectivity index (χ3n) is 4.67. The smallest absolute Gasteiger partial charge is 0.338 e. The molecule has 0 unspecified atom stereocenters. The molecule has 0 saturated heterocycles. The number of nitrogens with zero attached hydrogens (tertiary/aromatic N) is 3. The molecule has 1 aromatic carbocycles. The van der Waals surface area contributed by atoms with Gasteiger partial charge in [-0.05, 0) is 41.8 Å². The molecule has 10 heteroatoms. The second-order valence-corrected chi connectivity index (χ2v) is 7.42. The molecule has 1 aliphatic rings. The summed E-state index contributed by atoms with van der Waals surface area (Å²) in [5.41, 5.74) is 1.30. The number of amides is 2. The van der Waals surface area contributed by atoms with Gasteiger partial charge in [-0.2, -0.15) is 16.3 Å². The molecule has 154 valence electrons. The van der Waals surface area contributed by atoms with Crippen LogP contribution in [-0.2, 0) is 17.9 Å². The Kier molecular flexibility index (Phi) is 4.68. The Morgan fingerprint density at radius 1 is 1.13 bits per heavy atom. The molecule has 2 amide bonds. The van der Waals surface area contributed by atoms with Gasteiger partial charge in [-0.3, -0.25) is 14.5 Å². The zero-order valence-corrected chi connectivity index (χ0v) is 16.6. The highest BCUT2D eigenvalue weighted by atomic mass is 32.1. The standard InChI is InChI=1S/C21H13N3O6S/c25-19-15-4-3-12(8-16(15)20(26)24(19)9-14-2-1-6-28-14)21(27)29-10-17-22-18(30-23-17)13-5-7-31-11-13/h1-8,11H,9-10H2. The second kappa shape index (κ2) is 7.65. The molecule has 3 aromatic heterocycles. The van der Waals surface area contributed by atoms with Crippen LogP contribution in [0.4, 0.5) is 0 Å². The fourth-order valence-corrected chi connectivity index (χ4v) is 3.78. The highest BCUT2D eigenvalue weighted by molar-refractivity contribution is 7.08. The van der Waals surface area contributed by atoms with E-state index in [4.69, 9.17) is 13.7 Å². The molecule has 4 heterocycles. The van der Waals surface area contributed by atoms with Crippen molar-refractivity contribution in [2.75, 3.05) is 0 Å². The quantitative estimate of drug-likeness (QED) is 0.334. The number of imide groups is 1. The van der Waals surface area contributed by atoms with Crippen molar-refractivity contribution in [1.29, 1.82) is 0 Å². The number of thiophene rings is 1. The van der Waals surface area contributed by atoms with Gasteiger partial charge >= 0.3 is 5.97 Å². The van der Waals surface area contributed by atoms with Gasteiger partial charge in [0.25, 0.3) is 17.7 Å². The van der Waals surface area contributed by atoms with Crippen LogP contribution in [0.3, 0.4) is 0 Å². The lowest BCUT2D eigenvalue weighted by atomic mass is 10.1. The first-order valence-electron chi connectivity index (χ1n) is 9.15. The summed E-state index contributed by atoms with van der Waals surface area (Å²) in [6.45, 7) is -0.176. The number of carbonyl (C=O) groups excluding carboxylic acids is 3. The van der Waals surface area contributed by atoms with Crippen LogP contribution in [-0.4, -0.2) is 32.8 Å². The third-order valence-corrected chi connectivity index (χ3v) is 5.35. The van der Waals surface area contributed by atoms with Gasteiger partial charge in [-0.15, -0.1) is 0 Å². The maximum atomic E-state index is 12.7. The Morgan fingerprint density at radius 2 is 2.00 bits per heavy atom. The summed E-state index contributed by atoms with van der Waals surface area (Å²) in [6, 6.07) is 9.43. The SMILES string of the molecule is O=C(OCc1noc(-c2ccsc2)n1)c1ccc2c(c1)C(=O)N(Cc1ccco1)C2=O. The number of benzene rings is 1. The van der Waals surface area contributed by atoms with E-state index in [9.17, 15) is 14.4 Å². The molecule has 1 aliphatic heterocycles. The first-order chi connectivity index (χ1) is 15.1. The fourth-order valence-electron chi connectivity index (χ4n) is 3.15. The molecule has 0 radical (unpaired) electrons. The average Bonchev–Trinajstić information content (AvgIpc) is 3.58. The van der Waals surface area contributed by atoms with Crippen molar-refractivity contribution in [1.82, 2.24) is 15.0 Å². The number of aromatic nitrogens is 2. The fraction of sp³-hybridized carbons (Fsp3) is 0.0952. The summed E-state index contributed by atoms with van der Waals surface area (Å²) in [7, 11) is 0. The monoisotopic (exact) mass is 435 g/mol. The van der Waals surface area contributed by atoms with Crippen LogP contribution in [0.5, 0.6) is 0 Å². The van der Waals surface area contributed by atoms with E-state index in [0.717, 1.165) is 10.5 Å². The molecular formula is C21H13N3O6S. The number of hydrogen-bond acceptors (Lipinski definition) is 9. The lowest BCUT2D eigenvalue weighted by Crippen LogP contribution is -2.28. The number of rotatable bonds is 6. The molecule has 0 fully saturated rings. The number of furan rings is 1. The molecule has 0 saturated carbocycles. The van der Waals surface area contributed by atoms with E-state index < -0.39 is 17.8 Å². The third kappa shape index (κ3) is 3.53. The van der Waals surface area contributed by atoms with Gasteiger partial charge in [0.05, 0.1) is 35.1 Å². The largest absolute Gasteiger partial charge is 0.467 e. The van der Waals surface area contributed by atoms with Crippen molar-refractivity contribution in [3.63, 3.8) is 0 Å². The van der Waals surface area contributed by atoms with Crippen molar-refractivity contribution in [2.45, 2.75) is 13.2 Å². The minimum atomic E-state index is -0.672. The van der Waals surface area contributed by atoms with E-state index in [1.807, 2.05) is 16.8 Å². The Morgan fingerprint density at radius 3 is 2.77 bits per heavy atom. The van der Waals surface area contributed by atoms with E-state index in [1.165, 1.54) is 35.8 Å². The average molecular weight is 435 g/mol. The summed E-state index contributed by atoms with van der Waals surface area (Å²) in [5.74, 6) is -0.573. The van der Waals surface area contributed by atoms with Crippen molar-refractivity contribution in [3.8, 4) is 11.5 Å². The van der Waals surface area contributed by atoms with E-state index in [1.54, 1.807) is 12.1 Å². The molecule has 0 N–H and O–H groups in total. The lowest BCUT2D eigenvalue weighted by molar-refractivity contribution is 0.0459. The van der Waals surface area contributed by atoms with Crippen LogP contribution in [0, 0.1) is 0 Å². The van der Waals surface area contributed by atoms with Crippen LogP contribution >= 0.6 is 11.3 Å². The van der Waals surface area contributed by atoms with Crippen molar-refractivity contribution in [3.05, 3.63) is 81.7 Å². The van der Waals surface area contributed by atoms with Gasteiger partial charge in [0, 0.05) is 5.38 Å². The lowest BCUT2D eigenvalue weighted by Gasteiger charge is -2.11. The highest BCUT2D eigenvalue weighted by Gasteiger charge is 2.36. The van der Waals surface area contributed by atoms with Gasteiger partial charge in [0.15, 0.2) is 6.61 Å². The van der Waals surface area contributed by atoms with Crippen LogP contribution < -0.4 is 0 Å². The molecule has 31 heavy (non-hydrogen) atoms. The number of hydrogen-bond donors (Lipinski definition) is 0. The van der Waals surface area contributed by atoms with E-state index >= 15 is 0 Å². The summed E-state index contributed by atoms with van der Waals surface area (Å²) in [6.07, 6.45) is 1.47. The summed E-state index contributed by atoms with van der Waals surface area (Å²) < 4.78 is 15.6. The van der Waals surface area contributed by atoms with Gasteiger partial charge in [0.1, 0.15) is 5.76 Å². The Labute approximate surface area is 178 Å². The van der Waals surface area contributed by atoms with Crippen LogP contribution in [0.2, 0.25) is 0 Å². The highest BCUT2D eigenvalue weighted by Crippen LogP contribution is 2.26. The van der Waals surface area contributed by atoms with Gasteiger partial charge in [0.2, 0.25) is 5.82 Å². The van der Waals surface area contributed by atoms with Gasteiger partial charge in [-0.25, -0.2) is 4.79 Å². The molecule has 4 aromatic rings. The van der Waals surface area contributed by atoms with Gasteiger partial charge in [-0.1, -0.05) is 5.16 Å². The van der Waals surface area contributed by atoms with Crippen LogP contribution in [0.1, 0.15) is 42.7 Å². The predicted molar refractivity (Wildman–Crippen MR) is 106 cm³/mol. The summed E-state index contributed by atoms with van der Waals surface area (Å²) >= 11 is 1.50. The minimum absolute atomic E-state index is 0.0173. The van der Waals surface area contributed by atoms with E-state index in [-0.39, 0.29) is 35.7 Å². The summed E-state index contributed by atoms with van der Waals surface area (Å²) in [4.78, 5) is 42.9. The number of ether oxygens (including phenoxy) is 1. The predicted octanol–water partition coefficient (Wildman–Crippen LogP) is 3.54. The first kappa shape index (κ1) is 18.9. The molecule has 0 spiro atoms. The maximum Gasteiger partial charge on any atom is 0.338 e. The number of carbonyl (C=O) groups is 3. The van der Waals surface area contributed by atoms with Crippen molar-refractivity contribution in [2.24, 2.45) is 0 Å². The van der Waals surface area contributed by atoms with E-state index in [2.05, 4.69) is 10.1 Å². The molecule has 0 aliphatic carbocycles. The minimum Gasteiger partial charge on any atom is -0.467 e. The first-order valence-corrected chi connectivity index (χ1v) is 10.1. The molecule has 0 bridgehead atoms. The van der Waals surface area contributed by atoms with Crippen LogP contribution in [0.25, 0.3) is 11.5 Å². The Bertz CT molecular complexity index is 1280. The Hall–Kier alpha value is -4.05. The number of fused-ring (bicyclic) bond motifs is 1. The topological polar surface area (TPSA) is 116 Å². The molecule has 9 nitrogen and oxygen atoms in total. The second-order valence-electron chi connectivity index (χ2n) is 6.64. The van der Waals surface area contributed by atoms with E-state index in [0.29, 0.717) is 11.7 Å². The van der Waals surface area contributed by atoms with Crippen LogP contribution in [0.15, 0.2) is 62.4 Å². The Balaban J connectivity index is 1.28. The summed E-state index contributed by atoms with van der Waals surface area (Å²) in [5, 5.41) is 7.54. The molecular weight excluding hydrogens is 422 g/mol. The normalized spacial score (nSPS) is 13.0. The van der Waals surface area contributed by atoms with Crippen molar-refractivity contribution >= 4 is 29.1 Å². The zero-order valence-electron chi connectivity index (χ0n) is 15.8. The number of esters is 1. The van der Waals surface area contributed by atoms with Gasteiger partial charge < -0.3 is 13.7 Å². The molecule has 0 atom stereocenters.